The summed E-state index contributed by atoms with van der Waals surface area (Å²) in [6, 6.07) is 1.87. The normalized spacial score (nSPS) is 14.2. The molecule has 0 N–H and O–H groups in total. The van der Waals surface area contributed by atoms with Gasteiger partial charge in [-0.25, -0.2) is 0 Å². The van der Waals surface area contributed by atoms with Gasteiger partial charge in [-0.05, 0) is 30.5 Å². The van der Waals surface area contributed by atoms with Crippen molar-refractivity contribution in [1.29, 1.82) is 0 Å². The molecule has 0 amide bonds. The van der Waals surface area contributed by atoms with E-state index < -0.39 is 0 Å². The van der Waals surface area contributed by atoms with E-state index in [9.17, 15) is 4.79 Å². The van der Waals surface area contributed by atoms with Crippen LogP contribution in [0.2, 0.25) is 5.02 Å². The first kappa shape index (κ1) is 12.2. The Bertz CT molecular complexity index is 429. The van der Waals surface area contributed by atoms with E-state index in [1.54, 1.807) is 0 Å². The molecule has 0 radical (unpaired) electrons. The molecule has 0 spiro atoms. The van der Waals surface area contributed by atoms with Crippen LogP contribution in [0.25, 0.3) is 0 Å². The Morgan fingerprint density at radius 3 is 2.76 bits per heavy atom. The minimum Gasteiger partial charge on any atom is -0.489 e. The second-order valence-corrected chi connectivity index (χ2v) is 4.46. The van der Waals surface area contributed by atoms with Crippen LogP contribution in [-0.4, -0.2) is 19.5 Å². The van der Waals surface area contributed by atoms with Crippen LogP contribution >= 0.6 is 11.6 Å². The van der Waals surface area contributed by atoms with Crippen LogP contribution < -0.4 is 9.47 Å². The third kappa shape index (κ3) is 2.55. The Hall–Kier alpha value is -1.22. The number of hydrogen-bond donors (Lipinski definition) is 0. The Balaban J connectivity index is 2.41. The van der Waals surface area contributed by atoms with Crippen molar-refractivity contribution in [2.45, 2.75) is 26.2 Å². The van der Waals surface area contributed by atoms with Crippen molar-refractivity contribution >= 4 is 17.9 Å². The van der Waals surface area contributed by atoms with E-state index in [0.717, 1.165) is 29.6 Å². The zero-order valence-corrected chi connectivity index (χ0v) is 10.5. The zero-order chi connectivity index (χ0) is 12.3. The second kappa shape index (κ2) is 5.41. The van der Waals surface area contributed by atoms with Crippen LogP contribution in [0.3, 0.4) is 0 Å². The van der Waals surface area contributed by atoms with Crippen molar-refractivity contribution in [3.8, 4) is 11.5 Å². The fourth-order valence-electron chi connectivity index (χ4n) is 1.94. The summed E-state index contributed by atoms with van der Waals surface area (Å²) in [7, 11) is 0. The van der Waals surface area contributed by atoms with Gasteiger partial charge in [-0.3, -0.25) is 0 Å². The van der Waals surface area contributed by atoms with Gasteiger partial charge in [0.15, 0.2) is 11.5 Å². The first-order chi connectivity index (χ1) is 8.24. The molecular weight excluding hydrogens is 240 g/mol. The molecule has 0 atom stereocenters. The molecule has 1 aliphatic heterocycles. The first-order valence-corrected chi connectivity index (χ1v) is 6.13. The van der Waals surface area contributed by atoms with E-state index in [1.165, 1.54) is 0 Å². The number of aldehydes is 1. The van der Waals surface area contributed by atoms with Crippen molar-refractivity contribution in [2.75, 3.05) is 13.2 Å². The highest BCUT2D eigenvalue weighted by Crippen LogP contribution is 2.41. The van der Waals surface area contributed by atoms with Gasteiger partial charge in [-0.2, -0.15) is 0 Å². The maximum absolute atomic E-state index is 10.4. The summed E-state index contributed by atoms with van der Waals surface area (Å²) in [5.74, 6) is 1.37. The molecule has 4 heteroatoms. The van der Waals surface area contributed by atoms with Gasteiger partial charge in [0.05, 0.1) is 18.2 Å². The van der Waals surface area contributed by atoms with Crippen molar-refractivity contribution < 1.29 is 14.3 Å². The average molecular weight is 255 g/mol. The number of ether oxygens (including phenoxy) is 2. The summed E-state index contributed by atoms with van der Waals surface area (Å²) in [5.41, 5.74) is 2.07. The third-order valence-electron chi connectivity index (χ3n) is 2.86. The van der Waals surface area contributed by atoms with Crippen LogP contribution in [0.15, 0.2) is 6.07 Å². The predicted molar refractivity (Wildman–Crippen MR) is 66.2 cm³/mol. The fourth-order valence-corrected chi connectivity index (χ4v) is 2.21. The van der Waals surface area contributed by atoms with Crippen LogP contribution in [0.5, 0.6) is 11.5 Å². The Labute approximate surface area is 106 Å². The van der Waals surface area contributed by atoms with Gasteiger partial charge in [0.1, 0.15) is 6.29 Å². The highest BCUT2D eigenvalue weighted by atomic mass is 35.5. The van der Waals surface area contributed by atoms with Gasteiger partial charge in [-0.1, -0.05) is 11.6 Å². The van der Waals surface area contributed by atoms with Gasteiger partial charge in [0, 0.05) is 12.8 Å². The Morgan fingerprint density at radius 1 is 1.35 bits per heavy atom. The largest absolute Gasteiger partial charge is 0.489 e. The lowest BCUT2D eigenvalue weighted by molar-refractivity contribution is -0.107. The van der Waals surface area contributed by atoms with Crippen molar-refractivity contribution in [3.63, 3.8) is 0 Å². The number of carbonyl (C=O) groups is 1. The second-order valence-electron chi connectivity index (χ2n) is 4.06. The van der Waals surface area contributed by atoms with Gasteiger partial charge in [-0.15, -0.1) is 0 Å². The van der Waals surface area contributed by atoms with Crippen molar-refractivity contribution in [1.82, 2.24) is 0 Å². The summed E-state index contributed by atoms with van der Waals surface area (Å²) in [6.45, 7) is 3.24. The molecule has 17 heavy (non-hydrogen) atoms. The molecule has 3 nitrogen and oxygen atoms in total. The number of fused-ring (bicyclic) bond motifs is 1. The summed E-state index contributed by atoms with van der Waals surface area (Å²) in [4.78, 5) is 10.4. The van der Waals surface area contributed by atoms with E-state index in [-0.39, 0.29) is 0 Å². The summed E-state index contributed by atoms with van der Waals surface area (Å²) >= 11 is 6.18. The van der Waals surface area contributed by atoms with E-state index in [4.69, 9.17) is 21.1 Å². The Kier molecular flexibility index (Phi) is 3.89. The maximum Gasteiger partial charge on any atom is 0.180 e. The lowest BCUT2D eigenvalue weighted by atomic mass is 10.0. The maximum atomic E-state index is 10.4. The number of aryl methyl sites for hydroxylation is 1. The lowest BCUT2D eigenvalue weighted by Crippen LogP contribution is -1.99. The fraction of sp³-hybridized carbons (Fsp3) is 0.462. The minimum atomic E-state index is 0.497. The average Bonchev–Trinajstić information content (AvgIpc) is 2.58. The lowest BCUT2D eigenvalue weighted by Gasteiger charge is -2.15. The number of benzene rings is 1. The number of hydrogen-bond acceptors (Lipinski definition) is 3. The molecule has 0 aliphatic carbocycles. The smallest absolute Gasteiger partial charge is 0.180 e. The van der Waals surface area contributed by atoms with Gasteiger partial charge >= 0.3 is 0 Å². The highest BCUT2D eigenvalue weighted by molar-refractivity contribution is 6.32. The van der Waals surface area contributed by atoms with E-state index in [1.807, 2.05) is 13.0 Å². The van der Waals surface area contributed by atoms with Gasteiger partial charge in [0.2, 0.25) is 0 Å². The zero-order valence-electron chi connectivity index (χ0n) is 9.79. The SMILES string of the molecule is Cc1c(CCC=O)cc(Cl)c2c1OCCCO2. The molecule has 0 saturated heterocycles. The first-order valence-electron chi connectivity index (χ1n) is 5.75. The molecule has 1 heterocycles. The number of halogens is 1. The molecular formula is C13H15ClO3. The Morgan fingerprint density at radius 2 is 2.06 bits per heavy atom. The molecule has 92 valence electrons. The molecule has 0 saturated carbocycles. The third-order valence-corrected chi connectivity index (χ3v) is 3.14. The molecule has 0 aromatic heterocycles. The molecule has 1 aliphatic rings. The topological polar surface area (TPSA) is 35.5 Å². The van der Waals surface area contributed by atoms with Crippen LogP contribution in [0, 0.1) is 6.92 Å². The quantitative estimate of drug-likeness (QED) is 0.778. The standard InChI is InChI=1S/C13H15ClO3/c1-9-10(4-2-5-15)8-11(14)13-12(9)16-6-3-7-17-13/h5,8H,2-4,6-7H2,1H3. The van der Waals surface area contributed by atoms with Gasteiger partial charge < -0.3 is 14.3 Å². The van der Waals surface area contributed by atoms with E-state index in [0.29, 0.717) is 36.8 Å². The molecule has 0 bridgehead atoms. The number of carbonyl (C=O) groups excluding carboxylic acids is 1. The minimum absolute atomic E-state index is 0.497. The van der Waals surface area contributed by atoms with Gasteiger partial charge in [0.25, 0.3) is 0 Å². The molecule has 0 unspecified atom stereocenters. The summed E-state index contributed by atoms with van der Waals surface area (Å²) in [6.07, 6.45) is 2.95. The summed E-state index contributed by atoms with van der Waals surface area (Å²) in [5, 5.41) is 0.563. The van der Waals surface area contributed by atoms with E-state index >= 15 is 0 Å². The monoisotopic (exact) mass is 254 g/mol. The summed E-state index contributed by atoms with van der Waals surface area (Å²) < 4.78 is 11.3. The van der Waals surface area contributed by atoms with Crippen molar-refractivity contribution in [3.05, 3.63) is 22.2 Å². The molecule has 0 fully saturated rings. The van der Waals surface area contributed by atoms with Crippen LogP contribution in [0.1, 0.15) is 24.0 Å². The molecule has 1 aromatic carbocycles. The molecule has 2 rings (SSSR count). The predicted octanol–water partition coefficient (Wildman–Crippen LogP) is 2.94. The van der Waals surface area contributed by atoms with Crippen molar-refractivity contribution in [2.24, 2.45) is 0 Å². The number of rotatable bonds is 3. The highest BCUT2D eigenvalue weighted by Gasteiger charge is 2.19. The van der Waals surface area contributed by atoms with Crippen LogP contribution in [0.4, 0.5) is 0 Å². The van der Waals surface area contributed by atoms with Crippen LogP contribution in [-0.2, 0) is 11.2 Å². The van der Waals surface area contributed by atoms with E-state index in [2.05, 4.69) is 0 Å². The molecule has 1 aromatic rings.